The zero-order chi connectivity index (χ0) is 15.6. The van der Waals surface area contributed by atoms with Crippen LogP contribution in [0.25, 0.3) is 0 Å². The van der Waals surface area contributed by atoms with Crippen LogP contribution in [0.1, 0.15) is 18.6 Å². The van der Waals surface area contributed by atoms with Crippen LogP contribution < -0.4 is 5.32 Å². The molecule has 21 heavy (non-hydrogen) atoms. The van der Waals surface area contributed by atoms with E-state index in [0.717, 1.165) is 25.9 Å². The zero-order valence-corrected chi connectivity index (χ0v) is 15.0. The van der Waals surface area contributed by atoms with Crippen molar-refractivity contribution in [1.82, 2.24) is 14.5 Å². The molecule has 1 saturated heterocycles. The Labute approximate surface area is 134 Å². The predicted molar refractivity (Wildman–Crippen MR) is 84.6 cm³/mol. The third-order valence-electron chi connectivity index (χ3n) is 3.83. The maximum Gasteiger partial charge on any atom is 0.247 e. The number of hydrogen-bond acceptors (Lipinski definition) is 5. The van der Waals surface area contributed by atoms with Crippen molar-refractivity contribution in [3.05, 3.63) is 16.5 Å². The lowest BCUT2D eigenvalue weighted by molar-refractivity contribution is 0.187. The zero-order valence-electron chi connectivity index (χ0n) is 12.6. The first-order valence-corrected chi connectivity index (χ1v) is 9.19. The van der Waals surface area contributed by atoms with Crippen LogP contribution in [0.3, 0.4) is 0 Å². The lowest BCUT2D eigenvalue weighted by Gasteiger charge is -2.34. The summed E-state index contributed by atoms with van der Waals surface area (Å²) in [6, 6.07) is 1.59. The van der Waals surface area contributed by atoms with Gasteiger partial charge in [-0.2, -0.15) is 4.31 Å². The fourth-order valence-corrected chi connectivity index (χ4v) is 4.96. The van der Waals surface area contributed by atoms with Gasteiger partial charge in [-0.3, -0.25) is 0 Å². The monoisotopic (exact) mass is 379 g/mol. The molecular formula is C13H22BrN3O3S. The molecule has 1 N–H and O–H groups in total. The first kappa shape index (κ1) is 17.0. The van der Waals surface area contributed by atoms with Crippen molar-refractivity contribution in [2.45, 2.75) is 30.3 Å². The van der Waals surface area contributed by atoms with Gasteiger partial charge in [0.15, 0.2) is 4.67 Å². The predicted octanol–water partition coefficient (Wildman–Crippen LogP) is 1.48. The Kier molecular flexibility index (Phi) is 5.48. The van der Waals surface area contributed by atoms with Gasteiger partial charge in [0.25, 0.3) is 0 Å². The summed E-state index contributed by atoms with van der Waals surface area (Å²) in [5.74, 6) is 0.595. The summed E-state index contributed by atoms with van der Waals surface area (Å²) in [6.07, 6.45) is 1.90. The molecule has 1 atom stereocenters. The van der Waals surface area contributed by atoms with Crippen LogP contribution in [0.15, 0.2) is 20.0 Å². The molecule has 1 unspecified atom stereocenters. The average molecular weight is 380 g/mol. The Hall–Kier alpha value is -0.410. The van der Waals surface area contributed by atoms with E-state index in [1.54, 1.807) is 20.2 Å². The van der Waals surface area contributed by atoms with Crippen LogP contribution in [0.5, 0.6) is 0 Å². The molecule has 1 aromatic rings. The Morgan fingerprint density at radius 1 is 1.57 bits per heavy atom. The minimum atomic E-state index is -3.55. The third-order valence-corrected chi connectivity index (χ3v) is 6.60. The van der Waals surface area contributed by atoms with E-state index in [1.807, 2.05) is 7.05 Å². The molecule has 2 rings (SSSR count). The van der Waals surface area contributed by atoms with Gasteiger partial charge in [0.1, 0.15) is 10.7 Å². The second-order valence-corrected chi connectivity index (χ2v) is 8.15. The lowest BCUT2D eigenvalue weighted by Crippen LogP contribution is -2.47. The standard InChI is InChI=1S/C13H22BrN3O3S/c1-15-8-11-7-12(13(14)20-11)21(18,19)17(3)10-5-4-6-16(2)9-10/h7,10,15H,4-6,8-9H2,1-3H3. The molecule has 6 nitrogen and oxygen atoms in total. The molecule has 2 heterocycles. The third kappa shape index (κ3) is 3.68. The first-order chi connectivity index (χ1) is 9.86. The van der Waals surface area contributed by atoms with E-state index < -0.39 is 10.0 Å². The summed E-state index contributed by atoms with van der Waals surface area (Å²) in [7, 11) is 1.90. The molecule has 1 aliphatic rings. The molecule has 0 aromatic carbocycles. The van der Waals surface area contributed by atoms with Crippen molar-refractivity contribution >= 4 is 26.0 Å². The van der Waals surface area contributed by atoms with Crippen molar-refractivity contribution in [1.29, 1.82) is 0 Å². The van der Waals surface area contributed by atoms with Gasteiger partial charge in [0, 0.05) is 25.7 Å². The topological polar surface area (TPSA) is 65.8 Å². The van der Waals surface area contributed by atoms with Gasteiger partial charge < -0.3 is 14.6 Å². The van der Waals surface area contributed by atoms with Crippen molar-refractivity contribution in [3.63, 3.8) is 0 Å². The molecule has 0 bridgehead atoms. The summed E-state index contributed by atoms with van der Waals surface area (Å²) >= 11 is 3.22. The highest BCUT2D eigenvalue weighted by Crippen LogP contribution is 2.30. The minimum absolute atomic E-state index is 0.00306. The fourth-order valence-electron chi connectivity index (χ4n) is 2.62. The second kappa shape index (κ2) is 6.78. The highest BCUT2D eigenvalue weighted by Gasteiger charge is 2.33. The Bertz CT molecular complexity index is 587. The molecule has 0 spiro atoms. The summed E-state index contributed by atoms with van der Waals surface area (Å²) in [6.45, 7) is 2.27. The van der Waals surface area contributed by atoms with Crippen LogP contribution in [0.4, 0.5) is 0 Å². The summed E-state index contributed by atoms with van der Waals surface area (Å²) in [5.41, 5.74) is 0. The Balaban J connectivity index is 2.24. The normalized spacial score (nSPS) is 21.1. The summed E-state index contributed by atoms with van der Waals surface area (Å²) in [5, 5.41) is 2.94. The molecule has 120 valence electrons. The van der Waals surface area contributed by atoms with Crippen LogP contribution in [-0.4, -0.2) is 57.9 Å². The number of nitrogens with zero attached hydrogens (tertiary/aromatic N) is 2. The van der Waals surface area contributed by atoms with Crippen LogP contribution in [-0.2, 0) is 16.6 Å². The number of piperidine rings is 1. The number of likely N-dealkylation sites (tertiary alicyclic amines) is 1. The number of rotatable bonds is 5. The number of furan rings is 1. The van der Waals surface area contributed by atoms with Gasteiger partial charge in [-0.1, -0.05) is 0 Å². The number of hydrogen-bond donors (Lipinski definition) is 1. The second-order valence-electron chi connectivity index (χ2n) is 5.46. The largest absolute Gasteiger partial charge is 0.452 e. The Morgan fingerprint density at radius 2 is 2.29 bits per heavy atom. The van der Waals surface area contributed by atoms with E-state index in [2.05, 4.69) is 26.1 Å². The molecule has 0 aliphatic carbocycles. The SMILES string of the molecule is CNCc1cc(S(=O)(=O)N(C)C2CCCN(C)C2)c(Br)o1. The molecule has 0 amide bonds. The highest BCUT2D eigenvalue weighted by molar-refractivity contribution is 9.10. The van der Waals surface area contributed by atoms with Gasteiger partial charge >= 0.3 is 0 Å². The average Bonchev–Trinajstić information content (AvgIpc) is 2.80. The Morgan fingerprint density at radius 3 is 2.90 bits per heavy atom. The van der Waals surface area contributed by atoms with Crippen molar-refractivity contribution < 1.29 is 12.8 Å². The number of sulfonamides is 1. The summed E-state index contributed by atoms with van der Waals surface area (Å²) in [4.78, 5) is 2.36. The van der Waals surface area contributed by atoms with Gasteiger partial charge in [-0.15, -0.1) is 0 Å². The molecule has 1 fully saturated rings. The van der Waals surface area contributed by atoms with Crippen molar-refractivity contribution in [2.24, 2.45) is 0 Å². The van der Waals surface area contributed by atoms with Crippen LogP contribution in [0.2, 0.25) is 0 Å². The van der Waals surface area contributed by atoms with E-state index in [-0.39, 0.29) is 15.6 Å². The lowest BCUT2D eigenvalue weighted by atomic mass is 10.1. The van der Waals surface area contributed by atoms with Gasteiger partial charge in [0.2, 0.25) is 10.0 Å². The van der Waals surface area contributed by atoms with Crippen molar-refractivity contribution in [3.8, 4) is 0 Å². The maximum absolute atomic E-state index is 12.8. The maximum atomic E-state index is 12.8. The first-order valence-electron chi connectivity index (χ1n) is 6.95. The molecular weight excluding hydrogens is 358 g/mol. The molecule has 1 aliphatic heterocycles. The molecule has 1 aromatic heterocycles. The van der Waals surface area contributed by atoms with Crippen LogP contribution >= 0.6 is 15.9 Å². The van der Waals surface area contributed by atoms with E-state index in [4.69, 9.17) is 4.42 Å². The molecule has 0 saturated carbocycles. The van der Waals surface area contributed by atoms with E-state index in [0.29, 0.717) is 12.3 Å². The van der Waals surface area contributed by atoms with E-state index in [9.17, 15) is 8.42 Å². The number of halogens is 1. The molecule has 0 radical (unpaired) electrons. The van der Waals surface area contributed by atoms with Crippen LogP contribution in [0, 0.1) is 0 Å². The van der Waals surface area contributed by atoms with Gasteiger partial charge in [0.05, 0.1) is 6.54 Å². The van der Waals surface area contributed by atoms with Crippen molar-refractivity contribution in [2.75, 3.05) is 34.2 Å². The summed E-state index contributed by atoms with van der Waals surface area (Å²) < 4.78 is 32.7. The number of likely N-dealkylation sites (N-methyl/N-ethyl adjacent to an activating group) is 2. The number of nitrogens with one attached hydrogen (secondary N) is 1. The highest BCUT2D eigenvalue weighted by atomic mass is 79.9. The van der Waals surface area contributed by atoms with E-state index >= 15 is 0 Å². The minimum Gasteiger partial charge on any atom is -0.452 e. The van der Waals surface area contributed by atoms with Gasteiger partial charge in [-0.05, 0) is 49.4 Å². The smallest absolute Gasteiger partial charge is 0.247 e. The quantitative estimate of drug-likeness (QED) is 0.838. The van der Waals surface area contributed by atoms with E-state index in [1.165, 1.54) is 4.31 Å². The van der Waals surface area contributed by atoms with Gasteiger partial charge in [-0.25, -0.2) is 8.42 Å². The molecule has 8 heteroatoms. The fraction of sp³-hybridized carbons (Fsp3) is 0.692.